The van der Waals surface area contributed by atoms with E-state index in [1.165, 1.54) is 5.69 Å². The maximum absolute atomic E-state index is 4.55. The van der Waals surface area contributed by atoms with Crippen molar-refractivity contribution in [3.63, 3.8) is 0 Å². The van der Waals surface area contributed by atoms with Gasteiger partial charge in [0.15, 0.2) is 0 Å². The first-order valence-electron chi connectivity index (χ1n) is 6.98. The lowest BCUT2D eigenvalue weighted by atomic mass is 10.2. The predicted octanol–water partition coefficient (Wildman–Crippen LogP) is 3.16. The molecule has 0 amide bonds. The first-order valence-corrected chi connectivity index (χ1v) is 7.77. The van der Waals surface area contributed by atoms with E-state index in [4.69, 9.17) is 0 Å². The molecule has 5 heteroatoms. The quantitative estimate of drug-likeness (QED) is 0.812. The molecule has 0 saturated carbocycles. The Balaban J connectivity index is 2.12. The van der Waals surface area contributed by atoms with E-state index in [-0.39, 0.29) is 0 Å². The standard InChI is InChI=1S/C15H21BrN4/c1-4-13-15(16)14(19(3)18-13)11-20(5-2)10-12-8-6-7-9-17-12/h6-9H,4-5,10-11H2,1-3H3. The Morgan fingerprint density at radius 3 is 2.60 bits per heavy atom. The van der Waals surface area contributed by atoms with E-state index in [0.29, 0.717) is 0 Å². The number of rotatable bonds is 6. The highest BCUT2D eigenvalue weighted by Gasteiger charge is 2.15. The molecule has 20 heavy (non-hydrogen) atoms. The summed E-state index contributed by atoms with van der Waals surface area (Å²) in [4.78, 5) is 6.76. The average molecular weight is 337 g/mol. The Morgan fingerprint density at radius 2 is 2.05 bits per heavy atom. The van der Waals surface area contributed by atoms with E-state index in [1.54, 1.807) is 0 Å². The van der Waals surface area contributed by atoms with Crippen molar-refractivity contribution < 1.29 is 0 Å². The minimum absolute atomic E-state index is 0.858. The van der Waals surface area contributed by atoms with Crippen LogP contribution < -0.4 is 0 Å². The number of aryl methyl sites for hydroxylation is 2. The lowest BCUT2D eigenvalue weighted by Gasteiger charge is -2.20. The van der Waals surface area contributed by atoms with E-state index in [0.717, 1.165) is 41.9 Å². The van der Waals surface area contributed by atoms with Gasteiger partial charge in [0.25, 0.3) is 0 Å². The molecule has 4 nitrogen and oxygen atoms in total. The molecule has 0 aromatic carbocycles. The molecule has 0 unspecified atom stereocenters. The SMILES string of the molecule is CCc1nn(C)c(CN(CC)Cc2ccccn2)c1Br. The fraction of sp³-hybridized carbons (Fsp3) is 0.467. The molecule has 2 aromatic heterocycles. The van der Waals surface area contributed by atoms with Gasteiger partial charge in [-0.3, -0.25) is 14.6 Å². The fourth-order valence-corrected chi connectivity index (χ4v) is 2.95. The van der Waals surface area contributed by atoms with Crippen LogP contribution in [0.4, 0.5) is 0 Å². The summed E-state index contributed by atoms with van der Waals surface area (Å²) in [6.07, 6.45) is 2.79. The first-order chi connectivity index (χ1) is 9.65. The van der Waals surface area contributed by atoms with Gasteiger partial charge in [0.1, 0.15) is 0 Å². The Labute approximate surface area is 128 Å². The van der Waals surface area contributed by atoms with Crippen LogP contribution in [0.25, 0.3) is 0 Å². The second-order valence-electron chi connectivity index (χ2n) is 4.81. The van der Waals surface area contributed by atoms with Crippen molar-refractivity contribution in [2.75, 3.05) is 6.54 Å². The molecule has 0 aliphatic heterocycles. The molecule has 0 aliphatic rings. The lowest BCUT2D eigenvalue weighted by molar-refractivity contribution is 0.260. The van der Waals surface area contributed by atoms with Crippen molar-refractivity contribution in [3.8, 4) is 0 Å². The Bertz CT molecular complexity index is 551. The summed E-state index contributed by atoms with van der Waals surface area (Å²) in [5.74, 6) is 0. The van der Waals surface area contributed by atoms with Gasteiger partial charge in [-0.2, -0.15) is 5.10 Å². The van der Waals surface area contributed by atoms with E-state index >= 15 is 0 Å². The fourth-order valence-electron chi connectivity index (χ4n) is 2.20. The van der Waals surface area contributed by atoms with Gasteiger partial charge in [-0.05, 0) is 41.0 Å². The molecule has 2 rings (SSSR count). The lowest BCUT2D eigenvalue weighted by Crippen LogP contribution is -2.24. The normalized spacial score (nSPS) is 11.2. The van der Waals surface area contributed by atoms with Crippen LogP contribution in [-0.2, 0) is 26.6 Å². The second-order valence-corrected chi connectivity index (χ2v) is 5.60. The zero-order valence-corrected chi connectivity index (χ0v) is 13.9. The Hall–Kier alpha value is -1.20. The minimum atomic E-state index is 0.858. The zero-order valence-electron chi connectivity index (χ0n) is 12.3. The first kappa shape index (κ1) is 15.2. The van der Waals surface area contributed by atoms with Gasteiger partial charge in [-0.25, -0.2) is 0 Å². The summed E-state index contributed by atoms with van der Waals surface area (Å²) < 4.78 is 3.12. The van der Waals surface area contributed by atoms with Crippen LogP contribution >= 0.6 is 15.9 Å². The molecule has 0 radical (unpaired) electrons. The van der Waals surface area contributed by atoms with Crippen LogP contribution in [0.3, 0.4) is 0 Å². The predicted molar refractivity (Wildman–Crippen MR) is 84.3 cm³/mol. The van der Waals surface area contributed by atoms with E-state index < -0.39 is 0 Å². The smallest absolute Gasteiger partial charge is 0.0767 e. The molecule has 0 N–H and O–H groups in total. The monoisotopic (exact) mass is 336 g/mol. The summed E-state index contributed by atoms with van der Waals surface area (Å²) in [6.45, 7) is 7.01. The van der Waals surface area contributed by atoms with Crippen molar-refractivity contribution in [3.05, 3.63) is 46.0 Å². The van der Waals surface area contributed by atoms with Crippen molar-refractivity contribution in [2.45, 2.75) is 33.4 Å². The van der Waals surface area contributed by atoms with Crippen molar-refractivity contribution in [1.82, 2.24) is 19.7 Å². The molecular formula is C15H21BrN4. The maximum atomic E-state index is 4.55. The van der Waals surface area contributed by atoms with Crippen LogP contribution in [-0.4, -0.2) is 26.2 Å². The van der Waals surface area contributed by atoms with Crippen LogP contribution in [0, 0.1) is 0 Å². The number of nitrogens with zero attached hydrogens (tertiary/aromatic N) is 4. The van der Waals surface area contributed by atoms with Gasteiger partial charge in [0, 0.05) is 26.3 Å². The van der Waals surface area contributed by atoms with Crippen LogP contribution in [0.5, 0.6) is 0 Å². The van der Waals surface area contributed by atoms with Gasteiger partial charge in [0.05, 0.1) is 21.6 Å². The van der Waals surface area contributed by atoms with Gasteiger partial charge in [-0.1, -0.05) is 19.9 Å². The summed E-state index contributed by atoms with van der Waals surface area (Å²) in [7, 11) is 2.01. The highest BCUT2D eigenvalue weighted by Crippen LogP contribution is 2.23. The summed E-state index contributed by atoms with van der Waals surface area (Å²) >= 11 is 3.68. The molecule has 0 spiro atoms. The van der Waals surface area contributed by atoms with Crippen molar-refractivity contribution >= 4 is 15.9 Å². The number of pyridine rings is 1. The molecule has 108 valence electrons. The molecule has 0 bridgehead atoms. The van der Waals surface area contributed by atoms with Crippen LogP contribution in [0.1, 0.15) is 30.9 Å². The maximum Gasteiger partial charge on any atom is 0.0767 e. The van der Waals surface area contributed by atoms with Gasteiger partial charge >= 0.3 is 0 Å². The number of aromatic nitrogens is 3. The van der Waals surface area contributed by atoms with Crippen LogP contribution in [0.15, 0.2) is 28.9 Å². The third kappa shape index (κ3) is 3.46. The minimum Gasteiger partial charge on any atom is -0.292 e. The third-order valence-corrected chi connectivity index (χ3v) is 4.35. The molecular weight excluding hydrogens is 316 g/mol. The number of hydrogen-bond donors (Lipinski definition) is 0. The molecule has 0 aliphatic carbocycles. The van der Waals surface area contributed by atoms with Crippen molar-refractivity contribution in [2.24, 2.45) is 7.05 Å². The summed E-state index contributed by atoms with van der Waals surface area (Å²) in [6, 6.07) is 6.05. The average Bonchev–Trinajstić information content (AvgIpc) is 2.74. The van der Waals surface area contributed by atoms with Crippen molar-refractivity contribution in [1.29, 1.82) is 0 Å². The van der Waals surface area contributed by atoms with E-state index in [2.05, 4.69) is 50.8 Å². The van der Waals surface area contributed by atoms with E-state index in [1.807, 2.05) is 30.1 Å². The van der Waals surface area contributed by atoms with Gasteiger partial charge in [0.2, 0.25) is 0 Å². The third-order valence-electron chi connectivity index (χ3n) is 3.44. The van der Waals surface area contributed by atoms with Gasteiger partial charge < -0.3 is 0 Å². The molecule has 2 heterocycles. The Kier molecular flexibility index (Phi) is 5.31. The topological polar surface area (TPSA) is 34.0 Å². The molecule has 0 saturated heterocycles. The molecule has 0 atom stereocenters. The summed E-state index contributed by atoms with van der Waals surface area (Å²) in [5, 5.41) is 4.55. The second kappa shape index (κ2) is 6.99. The number of hydrogen-bond acceptors (Lipinski definition) is 3. The summed E-state index contributed by atoms with van der Waals surface area (Å²) in [5.41, 5.74) is 3.44. The highest BCUT2D eigenvalue weighted by molar-refractivity contribution is 9.10. The molecule has 0 fully saturated rings. The molecule has 2 aromatic rings. The largest absolute Gasteiger partial charge is 0.292 e. The Morgan fingerprint density at radius 1 is 1.25 bits per heavy atom. The highest BCUT2D eigenvalue weighted by atomic mass is 79.9. The zero-order chi connectivity index (χ0) is 14.5. The van der Waals surface area contributed by atoms with Gasteiger partial charge in [-0.15, -0.1) is 0 Å². The van der Waals surface area contributed by atoms with Crippen LogP contribution in [0.2, 0.25) is 0 Å². The number of halogens is 1. The van der Waals surface area contributed by atoms with E-state index in [9.17, 15) is 0 Å².